The molecule has 4 aliphatic rings. The minimum absolute atomic E-state index is 0.00596. The van der Waals surface area contributed by atoms with Gasteiger partial charge in [-0.25, -0.2) is 0 Å². The van der Waals surface area contributed by atoms with E-state index in [1.165, 1.54) is 5.57 Å². The van der Waals surface area contributed by atoms with Crippen LogP contribution in [-0.4, -0.2) is 46.7 Å². The molecule has 0 spiro atoms. The number of aliphatic hydroxyl groups excluding tert-OH is 1. The highest BCUT2D eigenvalue weighted by molar-refractivity contribution is 6.01. The zero-order chi connectivity index (χ0) is 22.4. The fourth-order valence-electron chi connectivity index (χ4n) is 6.80. The maximum absolute atomic E-state index is 13.1. The van der Waals surface area contributed by atoms with Crippen LogP contribution in [0.2, 0.25) is 0 Å². The number of unbranched alkanes of at least 4 members (excludes halogenated alkanes) is 2. The van der Waals surface area contributed by atoms with E-state index in [1.54, 1.807) is 12.2 Å². The van der Waals surface area contributed by atoms with Crippen LogP contribution in [0.3, 0.4) is 0 Å². The number of hydrogen-bond donors (Lipinski definition) is 2. The Labute approximate surface area is 185 Å². The number of rotatable bonds is 7. The molecule has 0 aromatic rings. The average Bonchev–Trinajstić information content (AvgIpc) is 2.99. The Bertz CT molecular complexity index is 867. The standard InChI is InChI=1S/C26H36O5/c1-4-5-6-13-31-16-22(29)26(30)12-10-20-19-8-7-17-14-18(27)9-11-24(17,2)23(19)21(28)15-25(20,26)3/h9,11,14,20-21,28,30H,4-8,10,12-13,15-16H2,1-3H3/t20-,21?,24-,25-,26-/m0/s1. The Morgan fingerprint density at radius 1 is 1.26 bits per heavy atom. The van der Waals surface area contributed by atoms with Crippen LogP contribution in [0.1, 0.15) is 72.1 Å². The van der Waals surface area contributed by atoms with Gasteiger partial charge in [-0.1, -0.05) is 43.9 Å². The third-order valence-electron chi connectivity index (χ3n) is 8.60. The van der Waals surface area contributed by atoms with Gasteiger partial charge >= 0.3 is 0 Å². The molecule has 5 nitrogen and oxygen atoms in total. The fourth-order valence-corrected chi connectivity index (χ4v) is 6.80. The largest absolute Gasteiger partial charge is 0.389 e. The summed E-state index contributed by atoms with van der Waals surface area (Å²) in [6.07, 6.45) is 10.6. The third-order valence-corrected chi connectivity index (χ3v) is 8.60. The van der Waals surface area contributed by atoms with Gasteiger partial charge in [0.1, 0.15) is 12.2 Å². The predicted molar refractivity (Wildman–Crippen MR) is 118 cm³/mol. The first-order valence-corrected chi connectivity index (χ1v) is 11.9. The summed E-state index contributed by atoms with van der Waals surface area (Å²) >= 11 is 0. The number of allylic oxidation sites excluding steroid dienone is 5. The van der Waals surface area contributed by atoms with Crippen molar-refractivity contribution in [3.05, 3.63) is 34.9 Å². The van der Waals surface area contributed by atoms with Crippen LogP contribution in [0, 0.1) is 16.7 Å². The molecule has 0 bridgehead atoms. The van der Waals surface area contributed by atoms with Gasteiger partial charge < -0.3 is 14.9 Å². The molecule has 0 aromatic heterocycles. The molecule has 31 heavy (non-hydrogen) atoms. The number of aliphatic hydroxyl groups is 2. The van der Waals surface area contributed by atoms with Gasteiger partial charge in [-0.3, -0.25) is 9.59 Å². The molecule has 5 atom stereocenters. The van der Waals surface area contributed by atoms with E-state index in [1.807, 2.05) is 13.0 Å². The van der Waals surface area contributed by atoms with Crippen LogP contribution < -0.4 is 0 Å². The highest BCUT2D eigenvalue weighted by atomic mass is 16.5. The molecule has 0 radical (unpaired) electrons. The lowest BCUT2D eigenvalue weighted by Gasteiger charge is -2.53. The second kappa shape index (κ2) is 8.09. The number of ether oxygens (including phenoxy) is 1. The number of Topliss-reactive ketones (excluding diaryl/α,β-unsaturated/α-hetero) is 1. The Morgan fingerprint density at radius 3 is 2.77 bits per heavy atom. The number of hydrogen-bond acceptors (Lipinski definition) is 5. The van der Waals surface area contributed by atoms with Crippen molar-refractivity contribution in [2.45, 2.75) is 83.8 Å². The van der Waals surface area contributed by atoms with Crippen molar-refractivity contribution in [1.82, 2.24) is 0 Å². The van der Waals surface area contributed by atoms with Gasteiger partial charge in [0.2, 0.25) is 0 Å². The van der Waals surface area contributed by atoms with E-state index in [0.717, 1.165) is 49.7 Å². The van der Waals surface area contributed by atoms with E-state index in [0.29, 0.717) is 19.4 Å². The molecule has 0 amide bonds. The first-order valence-electron chi connectivity index (χ1n) is 11.9. The molecule has 0 saturated heterocycles. The van der Waals surface area contributed by atoms with Gasteiger partial charge in [-0.2, -0.15) is 0 Å². The number of carbonyl (C=O) groups excluding carboxylic acids is 2. The van der Waals surface area contributed by atoms with E-state index >= 15 is 0 Å². The van der Waals surface area contributed by atoms with E-state index in [4.69, 9.17) is 4.74 Å². The minimum Gasteiger partial charge on any atom is -0.389 e. The summed E-state index contributed by atoms with van der Waals surface area (Å²) in [6, 6.07) is 0. The summed E-state index contributed by atoms with van der Waals surface area (Å²) in [5.41, 5.74) is 0.607. The second-order valence-electron chi connectivity index (χ2n) is 10.3. The summed E-state index contributed by atoms with van der Waals surface area (Å²) in [7, 11) is 0. The predicted octanol–water partition coefficient (Wildman–Crippen LogP) is 3.84. The molecule has 0 heterocycles. The smallest absolute Gasteiger partial charge is 0.190 e. The van der Waals surface area contributed by atoms with Crippen LogP contribution in [0.5, 0.6) is 0 Å². The highest BCUT2D eigenvalue weighted by Gasteiger charge is 2.64. The van der Waals surface area contributed by atoms with Crippen molar-refractivity contribution in [3.63, 3.8) is 0 Å². The van der Waals surface area contributed by atoms with Crippen LogP contribution >= 0.6 is 0 Å². The highest BCUT2D eigenvalue weighted by Crippen LogP contribution is 2.64. The lowest BCUT2D eigenvalue weighted by molar-refractivity contribution is -0.158. The Kier molecular flexibility index (Phi) is 5.91. The molecule has 1 fully saturated rings. The number of ketones is 2. The van der Waals surface area contributed by atoms with Crippen LogP contribution in [0.25, 0.3) is 0 Å². The summed E-state index contributed by atoms with van der Waals surface area (Å²) in [5, 5.41) is 22.9. The lowest BCUT2D eigenvalue weighted by atomic mass is 9.53. The van der Waals surface area contributed by atoms with Crippen molar-refractivity contribution in [2.75, 3.05) is 13.2 Å². The Morgan fingerprint density at radius 2 is 2.03 bits per heavy atom. The first kappa shape index (κ1) is 22.6. The second-order valence-corrected chi connectivity index (χ2v) is 10.3. The topological polar surface area (TPSA) is 83.8 Å². The van der Waals surface area contributed by atoms with Crippen molar-refractivity contribution in [3.8, 4) is 0 Å². The van der Waals surface area contributed by atoms with Crippen LogP contribution in [0.15, 0.2) is 34.9 Å². The summed E-state index contributed by atoms with van der Waals surface area (Å²) in [6.45, 7) is 6.64. The SMILES string of the molecule is CCCCCOCC(=O)[C@@]1(O)CC[C@H]2C3=C(C(O)C[C@@]21C)[C@@]1(C)C=CC(=O)C=C1CC3. The van der Waals surface area contributed by atoms with Crippen molar-refractivity contribution >= 4 is 11.6 Å². The molecule has 1 unspecified atom stereocenters. The average molecular weight is 429 g/mol. The van der Waals surface area contributed by atoms with Gasteiger partial charge in [0.15, 0.2) is 11.6 Å². The molecule has 0 aliphatic heterocycles. The molecule has 0 aromatic carbocycles. The van der Waals surface area contributed by atoms with E-state index in [2.05, 4.69) is 13.8 Å². The molecular weight excluding hydrogens is 392 g/mol. The normalized spacial score (nSPS) is 39.1. The zero-order valence-corrected chi connectivity index (χ0v) is 19.1. The quantitative estimate of drug-likeness (QED) is 0.476. The Hall–Kier alpha value is -1.56. The maximum atomic E-state index is 13.1. The maximum Gasteiger partial charge on any atom is 0.190 e. The molecule has 1 saturated carbocycles. The number of fused-ring (bicyclic) bond motifs is 4. The van der Waals surface area contributed by atoms with Gasteiger partial charge in [-0.15, -0.1) is 0 Å². The first-order chi connectivity index (χ1) is 14.7. The summed E-state index contributed by atoms with van der Waals surface area (Å²) in [5.74, 6) is -0.188. The van der Waals surface area contributed by atoms with Gasteiger partial charge in [-0.05, 0) is 69.1 Å². The van der Waals surface area contributed by atoms with Crippen LogP contribution in [0.4, 0.5) is 0 Å². The van der Waals surface area contributed by atoms with Crippen LogP contribution in [-0.2, 0) is 14.3 Å². The van der Waals surface area contributed by atoms with E-state index in [9.17, 15) is 19.8 Å². The molecule has 170 valence electrons. The summed E-state index contributed by atoms with van der Waals surface area (Å²) < 4.78 is 5.60. The zero-order valence-electron chi connectivity index (χ0n) is 19.1. The Balaban J connectivity index is 1.61. The van der Waals surface area contributed by atoms with Crippen molar-refractivity contribution in [2.24, 2.45) is 16.7 Å². The third kappa shape index (κ3) is 3.40. The monoisotopic (exact) mass is 428 g/mol. The van der Waals surface area contributed by atoms with E-state index in [-0.39, 0.29) is 24.1 Å². The van der Waals surface area contributed by atoms with Crippen molar-refractivity contribution < 1.29 is 24.5 Å². The lowest BCUT2D eigenvalue weighted by Crippen LogP contribution is -2.57. The fraction of sp³-hybridized carbons (Fsp3) is 0.692. The number of carbonyl (C=O) groups is 2. The van der Waals surface area contributed by atoms with Crippen molar-refractivity contribution in [1.29, 1.82) is 0 Å². The molecule has 4 rings (SSSR count). The van der Waals surface area contributed by atoms with Gasteiger partial charge in [0.05, 0.1) is 6.10 Å². The minimum atomic E-state index is -1.47. The summed E-state index contributed by atoms with van der Waals surface area (Å²) in [4.78, 5) is 25.0. The van der Waals surface area contributed by atoms with Gasteiger partial charge in [0, 0.05) is 17.4 Å². The molecule has 2 N–H and O–H groups in total. The molecule has 5 heteroatoms. The van der Waals surface area contributed by atoms with Gasteiger partial charge in [0.25, 0.3) is 0 Å². The molecule has 4 aliphatic carbocycles. The van der Waals surface area contributed by atoms with E-state index < -0.39 is 22.5 Å². The molecular formula is C26H36O5.